The van der Waals surface area contributed by atoms with Crippen molar-refractivity contribution < 1.29 is 9.84 Å². The van der Waals surface area contributed by atoms with Gasteiger partial charge in [0.05, 0.1) is 12.3 Å². The number of rotatable bonds is 6. The van der Waals surface area contributed by atoms with Gasteiger partial charge in [-0.1, -0.05) is 6.92 Å². The van der Waals surface area contributed by atoms with Crippen LogP contribution in [0.25, 0.3) is 0 Å². The first-order valence-electron chi connectivity index (χ1n) is 7.82. The second-order valence-electron chi connectivity index (χ2n) is 5.31. The van der Waals surface area contributed by atoms with Crippen molar-refractivity contribution in [2.45, 2.75) is 33.2 Å². The minimum absolute atomic E-state index is 0.0352. The van der Waals surface area contributed by atoms with E-state index in [9.17, 15) is 9.90 Å². The van der Waals surface area contributed by atoms with Gasteiger partial charge in [0.15, 0.2) is 4.77 Å². The first-order valence-corrected chi connectivity index (χ1v) is 8.23. The first kappa shape index (κ1) is 17.9. The number of aromatic nitrogens is 2. The summed E-state index contributed by atoms with van der Waals surface area (Å²) in [5, 5.41) is 10.4. The van der Waals surface area contributed by atoms with Crippen LogP contribution >= 0.6 is 12.2 Å². The van der Waals surface area contributed by atoms with Crippen LogP contribution in [0.2, 0.25) is 0 Å². The molecule has 2 aromatic rings. The summed E-state index contributed by atoms with van der Waals surface area (Å²) >= 11 is 5.13. The third-order valence-corrected chi connectivity index (χ3v) is 3.97. The van der Waals surface area contributed by atoms with Crippen molar-refractivity contribution in [2.24, 2.45) is 4.99 Å². The average molecular weight is 347 g/mol. The van der Waals surface area contributed by atoms with Crippen molar-refractivity contribution in [3.05, 3.63) is 45.0 Å². The maximum Gasteiger partial charge on any atom is 0.264 e. The minimum atomic E-state index is -0.466. The fourth-order valence-corrected chi connectivity index (χ4v) is 2.55. The van der Waals surface area contributed by atoms with E-state index < -0.39 is 5.56 Å². The molecule has 24 heavy (non-hydrogen) atoms. The number of H-pyrrole nitrogens is 1. The van der Waals surface area contributed by atoms with Crippen LogP contribution in [0.15, 0.2) is 34.1 Å². The number of hydrogen-bond donors (Lipinski definition) is 2. The molecule has 1 aromatic heterocycles. The zero-order valence-corrected chi connectivity index (χ0v) is 14.8. The Morgan fingerprint density at radius 3 is 2.62 bits per heavy atom. The van der Waals surface area contributed by atoms with Gasteiger partial charge in [-0.15, -0.1) is 0 Å². The molecular formula is C17H21N3O3S. The van der Waals surface area contributed by atoms with Gasteiger partial charge in [-0.3, -0.25) is 19.3 Å². The lowest BCUT2D eigenvalue weighted by Gasteiger charge is -2.16. The summed E-state index contributed by atoms with van der Waals surface area (Å²) in [6.07, 6.45) is 2.11. The topological polar surface area (TPSA) is 79.6 Å². The van der Waals surface area contributed by atoms with Gasteiger partial charge in [-0.2, -0.15) is 0 Å². The van der Waals surface area contributed by atoms with E-state index in [0.29, 0.717) is 12.3 Å². The molecule has 0 aliphatic heterocycles. The molecule has 0 saturated heterocycles. The maximum absolute atomic E-state index is 12.1. The quantitative estimate of drug-likeness (QED) is 0.616. The lowest BCUT2D eigenvalue weighted by molar-refractivity contribution is 0.340. The van der Waals surface area contributed by atoms with Crippen LogP contribution in [0, 0.1) is 4.77 Å². The second-order valence-corrected chi connectivity index (χ2v) is 5.70. The monoisotopic (exact) mass is 347 g/mol. The van der Waals surface area contributed by atoms with Crippen LogP contribution in [0.3, 0.4) is 0 Å². The number of aromatic hydroxyl groups is 1. The van der Waals surface area contributed by atoms with Gasteiger partial charge in [0, 0.05) is 12.3 Å². The summed E-state index contributed by atoms with van der Waals surface area (Å²) in [5.74, 6) is 0.579. The van der Waals surface area contributed by atoms with Crippen molar-refractivity contribution in [1.82, 2.24) is 9.55 Å². The maximum atomic E-state index is 12.1. The highest BCUT2D eigenvalue weighted by atomic mass is 32.1. The highest BCUT2D eigenvalue weighted by molar-refractivity contribution is 7.71. The van der Waals surface area contributed by atoms with Gasteiger partial charge in [0.25, 0.3) is 5.56 Å². The lowest BCUT2D eigenvalue weighted by Crippen LogP contribution is -2.20. The van der Waals surface area contributed by atoms with Crippen LogP contribution in [0.5, 0.6) is 11.6 Å². The number of ether oxygens (including phenoxy) is 1. The van der Waals surface area contributed by atoms with Crippen molar-refractivity contribution in [3.8, 4) is 11.6 Å². The van der Waals surface area contributed by atoms with Crippen molar-refractivity contribution in [3.63, 3.8) is 0 Å². The molecule has 0 unspecified atom stereocenters. The molecule has 0 aliphatic carbocycles. The molecule has 2 rings (SSSR count). The molecule has 7 heteroatoms. The Morgan fingerprint density at radius 2 is 2.04 bits per heavy atom. The van der Waals surface area contributed by atoms with E-state index in [0.717, 1.165) is 12.2 Å². The molecule has 1 atom stereocenters. The smallest absolute Gasteiger partial charge is 0.264 e. The number of aromatic amines is 1. The van der Waals surface area contributed by atoms with E-state index in [1.807, 2.05) is 20.8 Å². The number of hydrogen-bond acceptors (Lipinski definition) is 5. The molecule has 1 heterocycles. The van der Waals surface area contributed by atoms with Gasteiger partial charge in [0.2, 0.25) is 5.88 Å². The Morgan fingerprint density at radius 1 is 1.38 bits per heavy atom. The Labute approximate surface area is 145 Å². The fourth-order valence-electron chi connectivity index (χ4n) is 2.19. The van der Waals surface area contributed by atoms with Gasteiger partial charge < -0.3 is 9.84 Å². The Kier molecular flexibility index (Phi) is 5.92. The highest BCUT2D eigenvalue weighted by Crippen LogP contribution is 2.22. The van der Waals surface area contributed by atoms with Gasteiger partial charge in [0.1, 0.15) is 11.3 Å². The molecule has 1 aromatic carbocycles. The molecular weight excluding hydrogens is 326 g/mol. The molecule has 128 valence electrons. The first-order chi connectivity index (χ1) is 11.5. The van der Waals surface area contributed by atoms with E-state index in [1.165, 1.54) is 10.8 Å². The number of benzene rings is 1. The van der Waals surface area contributed by atoms with E-state index >= 15 is 0 Å². The van der Waals surface area contributed by atoms with Crippen molar-refractivity contribution in [1.29, 1.82) is 0 Å². The standard InChI is InChI=1S/C17H21N3O3S/c1-4-11(3)20-16(22)14(15(21)19-17(20)24)10-18-12-6-8-13(9-7-12)23-5-2/h6-11,22H,4-5H2,1-3H3,(H,19,21,24)/t11-/m0/s1. The Balaban J connectivity index is 2.38. The summed E-state index contributed by atoms with van der Waals surface area (Å²) in [5.41, 5.74) is 0.263. The molecule has 0 amide bonds. The molecule has 0 bridgehead atoms. The van der Waals surface area contributed by atoms with Crippen molar-refractivity contribution >= 4 is 24.1 Å². The molecule has 0 spiro atoms. The molecule has 0 saturated carbocycles. The number of aliphatic imine (C=N–C) groups is 1. The Bertz CT molecular complexity index is 838. The Hall–Kier alpha value is -2.41. The van der Waals surface area contributed by atoms with Crippen molar-refractivity contribution in [2.75, 3.05) is 6.61 Å². The third kappa shape index (κ3) is 3.91. The van der Waals surface area contributed by atoms with Crippen LogP contribution in [0.4, 0.5) is 5.69 Å². The zero-order chi connectivity index (χ0) is 17.7. The zero-order valence-electron chi connectivity index (χ0n) is 13.9. The minimum Gasteiger partial charge on any atom is -0.494 e. The van der Waals surface area contributed by atoms with Gasteiger partial charge >= 0.3 is 0 Å². The number of nitrogens with zero attached hydrogens (tertiary/aromatic N) is 2. The molecule has 0 fully saturated rings. The highest BCUT2D eigenvalue weighted by Gasteiger charge is 2.14. The van der Waals surface area contributed by atoms with E-state index in [4.69, 9.17) is 17.0 Å². The van der Waals surface area contributed by atoms with Gasteiger partial charge in [-0.25, -0.2) is 0 Å². The van der Waals surface area contributed by atoms with E-state index in [2.05, 4.69) is 9.98 Å². The van der Waals surface area contributed by atoms with E-state index in [1.54, 1.807) is 24.3 Å². The van der Waals surface area contributed by atoms with E-state index in [-0.39, 0.29) is 22.3 Å². The summed E-state index contributed by atoms with van der Waals surface area (Å²) < 4.78 is 7.09. The van der Waals surface area contributed by atoms with Crippen LogP contribution < -0.4 is 10.3 Å². The predicted molar refractivity (Wildman–Crippen MR) is 97.4 cm³/mol. The SMILES string of the molecule is CCOc1ccc(N=Cc2c(O)n([C@@H](C)CC)c(=S)[nH]c2=O)cc1. The third-order valence-electron chi connectivity index (χ3n) is 3.68. The molecule has 0 aliphatic rings. The summed E-state index contributed by atoms with van der Waals surface area (Å²) in [6.45, 7) is 6.40. The molecule has 2 N–H and O–H groups in total. The second kappa shape index (κ2) is 7.92. The molecule has 0 radical (unpaired) electrons. The summed E-state index contributed by atoms with van der Waals surface area (Å²) in [7, 11) is 0. The van der Waals surface area contributed by atoms with Crippen LogP contribution in [-0.4, -0.2) is 27.5 Å². The lowest BCUT2D eigenvalue weighted by atomic mass is 10.2. The predicted octanol–water partition coefficient (Wildman–Crippen LogP) is 3.73. The normalized spacial score (nSPS) is 12.5. The largest absolute Gasteiger partial charge is 0.494 e. The molecule has 6 nitrogen and oxygen atoms in total. The summed E-state index contributed by atoms with van der Waals surface area (Å²) in [4.78, 5) is 18.9. The van der Waals surface area contributed by atoms with Crippen LogP contribution in [-0.2, 0) is 0 Å². The number of nitrogens with one attached hydrogen (secondary N) is 1. The fraction of sp³-hybridized carbons (Fsp3) is 0.353. The van der Waals surface area contributed by atoms with Crippen LogP contribution in [0.1, 0.15) is 38.8 Å². The summed E-state index contributed by atoms with van der Waals surface area (Å²) in [6, 6.07) is 7.11. The van der Waals surface area contributed by atoms with Gasteiger partial charge in [-0.05, 0) is 56.8 Å². The average Bonchev–Trinajstić information content (AvgIpc) is 2.55.